The summed E-state index contributed by atoms with van der Waals surface area (Å²) in [4.78, 5) is 0. The molecule has 0 saturated heterocycles. The lowest BCUT2D eigenvalue weighted by atomic mass is 10.2. The normalized spacial score (nSPS) is 18.2. The second-order valence-electron chi connectivity index (χ2n) is 5.17. The first-order chi connectivity index (χ1) is 9.65. The molecule has 20 heavy (non-hydrogen) atoms. The molecule has 0 saturated carbocycles. The average Bonchev–Trinajstić information content (AvgIpc) is 2.96. The van der Waals surface area contributed by atoms with Crippen molar-refractivity contribution in [3.63, 3.8) is 0 Å². The van der Waals surface area contributed by atoms with E-state index in [1.54, 1.807) is 0 Å². The molecule has 0 fully saturated rings. The third kappa shape index (κ3) is 2.46. The summed E-state index contributed by atoms with van der Waals surface area (Å²) < 4.78 is 12.9. The Kier molecular flexibility index (Phi) is 3.54. The summed E-state index contributed by atoms with van der Waals surface area (Å²) in [5.41, 5.74) is 4.09. The molecule has 0 amide bonds. The topological polar surface area (TPSA) is 78.0 Å². The third-order valence-corrected chi connectivity index (χ3v) is 3.72. The summed E-state index contributed by atoms with van der Waals surface area (Å²) in [5, 5.41) is 15.5. The Morgan fingerprint density at radius 2 is 2.15 bits per heavy atom. The van der Waals surface area contributed by atoms with Crippen molar-refractivity contribution in [1.82, 2.24) is 25.5 Å². The van der Waals surface area contributed by atoms with E-state index in [0.717, 1.165) is 48.0 Å². The number of hydrogen-bond acceptors (Lipinski definition) is 6. The van der Waals surface area contributed by atoms with E-state index in [1.165, 1.54) is 0 Å². The van der Waals surface area contributed by atoms with Gasteiger partial charge in [-0.05, 0) is 20.8 Å². The molecule has 108 valence electrons. The van der Waals surface area contributed by atoms with Crippen molar-refractivity contribution in [3.05, 3.63) is 28.4 Å². The van der Waals surface area contributed by atoms with Crippen LogP contribution in [-0.4, -0.2) is 32.8 Å². The van der Waals surface area contributed by atoms with Crippen molar-refractivity contribution >= 4 is 0 Å². The maximum atomic E-state index is 5.82. The fraction of sp³-hybridized carbons (Fsp3) is 0.615. The van der Waals surface area contributed by atoms with Gasteiger partial charge in [-0.2, -0.15) is 0 Å². The van der Waals surface area contributed by atoms with Gasteiger partial charge in [0.2, 0.25) is 0 Å². The van der Waals surface area contributed by atoms with E-state index >= 15 is 0 Å². The number of rotatable bonds is 4. The van der Waals surface area contributed by atoms with E-state index in [1.807, 2.05) is 25.5 Å². The van der Waals surface area contributed by atoms with Crippen molar-refractivity contribution < 1.29 is 9.26 Å². The molecular formula is C13H19N5O2. The van der Waals surface area contributed by atoms with Crippen LogP contribution in [0.5, 0.6) is 0 Å². The van der Waals surface area contributed by atoms with Crippen molar-refractivity contribution in [2.45, 2.75) is 46.6 Å². The van der Waals surface area contributed by atoms with Crippen molar-refractivity contribution in [2.24, 2.45) is 0 Å². The molecular weight excluding hydrogens is 258 g/mol. The van der Waals surface area contributed by atoms with Crippen molar-refractivity contribution in [1.29, 1.82) is 0 Å². The van der Waals surface area contributed by atoms with Gasteiger partial charge in [-0.1, -0.05) is 10.4 Å². The smallest absolute Gasteiger partial charge is 0.138 e. The van der Waals surface area contributed by atoms with Crippen LogP contribution in [0.15, 0.2) is 4.52 Å². The minimum Gasteiger partial charge on any atom is -0.369 e. The zero-order valence-electron chi connectivity index (χ0n) is 12.0. The zero-order valence-corrected chi connectivity index (χ0v) is 12.0. The standard InChI is InChI=1S/C13H19N5O2/c1-8-12(10(3)20-16-8)5-14-4-11-6-18-13(7-19-11)9(2)15-17-18/h11,14H,4-7H2,1-3H3/t11-/m0/s1. The van der Waals surface area contributed by atoms with Crippen LogP contribution < -0.4 is 5.32 Å². The fourth-order valence-electron chi connectivity index (χ4n) is 2.42. The Morgan fingerprint density at radius 3 is 2.90 bits per heavy atom. The van der Waals surface area contributed by atoms with E-state index in [-0.39, 0.29) is 6.10 Å². The number of fused-ring (bicyclic) bond motifs is 1. The molecule has 7 heteroatoms. The van der Waals surface area contributed by atoms with Gasteiger partial charge >= 0.3 is 0 Å². The Hall–Kier alpha value is -1.73. The molecule has 0 aromatic carbocycles. The summed E-state index contributed by atoms with van der Waals surface area (Å²) in [6, 6.07) is 0. The van der Waals surface area contributed by atoms with Gasteiger partial charge in [-0.25, -0.2) is 4.68 Å². The molecule has 3 heterocycles. The Bertz CT molecular complexity index is 584. The summed E-state index contributed by atoms with van der Waals surface area (Å²) in [6.45, 7) is 8.67. The van der Waals surface area contributed by atoms with Gasteiger partial charge in [-0.15, -0.1) is 5.10 Å². The average molecular weight is 277 g/mol. The second-order valence-corrected chi connectivity index (χ2v) is 5.17. The fourth-order valence-corrected chi connectivity index (χ4v) is 2.42. The predicted octanol–water partition coefficient (Wildman–Crippen LogP) is 0.880. The van der Waals surface area contributed by atoms with E-state index in [9.17, 15) is 0 Å². The van der Waals surface area contributed by atoms with E-state index in [4.69, 9.17) is 9.26 Å². The lowest BCUT2D eigenvalue weighted by Crippen LogP contribution is -2.36. The van der Waals surface area contributed by atoms with Gasteiger partial charge in [0.15, 0.2) is 0 Å². The Balaban J connectivity index is 1.53. The first-order valence-corrected chi connectivity index (χ1v) is 6.78. The number of aryl methyl sites for hydroxylation is 3. The van der Waals surface area contributed by atoms with Crippen LogP contribution >= 0.6 is 0 Å². The zero-order chi connectivity index (χ0) is 14.1. The van der Waals surface area contributed by atoms with Crippen LogP contribution in [0.3, 0.4) is 0 Å². The lowest BCUT2D eigenvalue weighted by Gasteiger charge is -2.24. The van der Waals surface area contributed by atoms with Gasteiger partial charge in [0.1, 0.15) is 5.76 Å². The van der Waals surface area contributed by atoms with E-state index in [0.29, 0.717) is 6.61 Å². The molecule has 0 aliphatic carbocycles. The predicted molar refractivity (Wildman–Crippen MR) is 71.0 cm³/mol. The molecule has 1 aliphatic heterocycles. The minimum absolute atomic E-state index is 0.115. The summed E-state index contributed by atoms with van der Waals surface area (Å²) in [5.74, 6) is 0.869. The molecule has 0 unspecified atom stereocenters. The first kappa shape index (κ1) is 13.3. The van der Waals surface area contributed by atoms with Crippen LogP contribution in [-0.2, 0) is 24.4 Å². The third-order valence-electron chi connectivity index (χ3n) is 3.72. The summed E-state index contributed by atoms with van der Waals surface area (Å²) in [6.07, 6.45) is 0.115. The molecule has 3 rings (SSSR count). The highest BCUT2D eigenvalue weighted by Crippen LogP contribution is 2.15. The Morgan fingerprint density at radius 1 is 1.30 bits per heavy atom. The number of aromatic nitrogens is 4. The molecule has 2 aromatic rings. The number of ether oxygens (including phenoxy) is 1. The highest BCUT2D eigenvalue weighted by Gasteiger charge is 2.22. The molecule has 2 aromatic heterocycles. The molecule has 7 nitrogen and oxygen atoms in total. The highest BCUT2D eigenvalue weighted by molar-refractivity contribution is 5.20. The van der Waals surface area contributed by atoms with Crippen LogP contribution in [0.1, 0.15) is 28.4 Å². The van der Waals surface area contributed by atoms with Gasteiger partial charge in [-0.3, -0.25) is 0 Å². The quantitative estimate of drug-likeness (QED) is 0.894. The Labute approximate surface area is 117 Å². The van der Waals surface area contributed by atoms with Gasteiger partial charge < -0.3 is 14.6 Å². The van der Waals surface area contributed by atoms with E-state index in [2.05, 4.69) is 20.8 Å². The monoisotopic (exact) mass is 277 g/mol. The molecule has 1 aliphatic rings. The largest absolute Gasteiger partial charge is 0.369 e. The van der Waals surface area contributed by atoms with Crippen LogP contribution in [0, 0.1) is 20.8 Å². The maximum Gasteiger partial charge on any atom is 0.138 e. The number of nitrogens with zero attached hydrogens (tertiary/aromatic N) is 4. The second kappa shape index (κ2) is 5.34. The number of hydrogen-bond donors (Lipinski definition) is 1. The SMILES string of the molecule is Cc1noc(C)c1CNC[C@H]1Cn2nnc(C)c2CO1. The molecule has 0 bridgehead atoms. The van der Waals surface area contributed by atoms with Crippen LogP contribution in [0.25, 0.3) is 0 Å². The first-order valence-electron chi connectivity index (χ1n) is 6.78. The molecule has 1 N–H and O–H groups in total. The summed E-state index contributed by atoms with van der Waals surface area (Å²) in [7, 11) is 0. The summed E-state index contributed by atoms with van der Waals surface area (Å²) >= 11 is 0. The highest BCUT2D eigenvalue weighted by atomic mass is 16.5. The number of nitrogens with one attached hydrogen (secondary N) is 1. The molecule has 0 radical (unpaired) electrons. The molecule has 1 atom stereocenters. The molecule has 0 spiro atoms. The van der Waals surface area contributed by atoms with Gasteiger partial charge in [0.25, 0.3) is 0 Å². The van der Waals surface area contributed by atoms with Crippen LogP contribution in [0.4, 0.5) is 0 Å². The lowest BCUT2D eigenvalue weighted by molar-refractivity contribution is 0.000672. The van der Waals surface area contributed by atoms with Crippen LogP contribution in [0.2, 0.25) is 0 Å². The van der Waals surface area contributed by atoms with Gasteiger partial charge in [0, 0.05) is 18.7 Å². The minimum atomic E-state index is 0.115. The van der Waals surface area contributed by atoms with E-state index < -0.39 is 0 Å². The van der Waals surface area contributed by atoms with Crippen molar-refractivity contribution in [2.75, 3.05) is 6.54 Å². The van der Waals surface area contributed by atoms with Gasteiger partial charge in [0.05, 0.1) is 36.3 Å². The van der Waals surface area contributed by atoms with Crippen molar-refractivity contribution in [3.8, 4) is 0 Å². The maximum absolute atomic E-state index is 5.82.